The molecule has 6 rings (SSSR count). The van der Waals surface area contributed by atoms with E-state index in [0.29, 0.717) is 62.0 Å². The normalized spacial score (nSPS) is 16.4. The van der Waals surface area contributed by atoms with Crippen molar-refractivity contribution in [2.75, 3.05) is 45.8 Å². The van der Waals surface area contributed by atoms with Crippen molar-refractivity contribution in [2.45, 2.75) is 91.0 Å². The molecule has 2 aliphatic rings. The molecule has 4 aromatic rings. The predicted octanol–water partition coefficient (Wildman–Crippen LogP) is 9.09. The van der Waals surface area contributed by atoms with E-state index < -0.39 is 23.6 Å². The van der Waals surface area contributed by atoms with Crippen LogP contribution < -0.4 is 15.8 Å². The summed E-state index contributed by atoms with van der Waals surface area (Å²) in [5.74, 6) is -0.538. The first-order valence-electron chi connectivity index (χ1n) is 19.9. The Morgan fingerprint density at radius 3 is 2.05 bits per heavy atom. The van der Waals surface area contributed by atoms with E-state index in [9.17, 15) is 22.8 Å². The minimum absolute atomic E-state index is 0.251. The first kappa shape index (κ1) is 45.1. The highest BCUT2D eigenvalue weighted by molar-refractivity contribution is 6.36. The van der Waals surface area contributed by atoms with Crippen LogP contribution in [0.25, 0.3) is 22.0 Å². The van der Waals surface area contributed by atoms with Gasteiger partial charge in [-0.25, -0.2) is 4.79 Å². The van der Waals surface area contributed by atoms with Crippen molar-refractivity contribution in [1.29, 1.82) is 0 Å². The molecule has 2 fully saturated rings. The highest BCUT2D eigenvalue weighted by atomic mass is 35.5. The van der Waals surface area contributed by atoms with Crippen molar-refractivity contribution in [2.24, 2.45) is 5.73 Å². The van der Waals surface area contributed by atoms with Crippen molar-refractivity contribution in [1.82, 2.24) is 24.6 Å². The van der Waals surface area contributed by atoms with Crippen LogP contribution >= 0.6 is 23.2 Å². The van der Waals surface area contributed by atoms with Crippen molar-refractivity contribution < 1.29 is 32.2 Å². The van der Waals surface area contributed by atoms with Crippen molar-refractivity contribution in [3.63, 3.8) is 0 Å². The lowest BCUT2D eigenvalue weighted by Crippen LogP contribution is -2.60. The number of likely N-dealkylation sites (tertiary alicyclic amines) is 1. The number of nitrogens with zero attached hydrogens (tertiary/aromatic N) is 4. The summed E-state index contributed by atoms with van der Waals surface area (Å²) in [5, 5.41) is 5.30. The second kappa shape index (κ2) is 19.4. The summed E-state index contributed by atoms with van der Waals surface area (Å²) >= 11 is 12.8. The van der Waals surface area contributed by atoms with Crippen LogP contribution in [0.3, 0.4) is 0 Å². The van der Waals surface area contributed by atoms with Gasteiger partial charge in [0.05, 0.1) is 5.54 Å². The van der Waals surface area contributed by atoms with E-state index in [-0.39, 0.29) is 11.7 Å². The number of carbonyl (C=O) groups is 2. The number of piperazine rings is 1. The number of halogens is 5. The zero-order valence-electron chi connectivity index (χ0n) is 33.9. The number of benzene rings is 3. The van der Waals surface area contributed by atoms with Crippen LogP contribution in [0.15, 0.2) is 66.9 Å². The number of aromatic nitrogens is 1. The topological polar surface area (TPSA) is 105 Å². The highest BCUT2D eigenvalue weighted by Gasteiger charge is 2.39. The molecule has 3 heterocycles. The Kier molecular flexibility index (Phi) is 15.1. The van der Waals surface area contributed by atoms with E-state index in [0.717, 1.165) is 65.9 Å². The maximum Gasteiger partial charge on any atom is 0.573 e. The lowest BCUT2D eigenvalue weighted by Gasteiger charge is -2.38. The van der Waals surface area contributed by atoms with Gasteiger partial charge in [-0.1, -0.05) is 61.3 Å². The first-order chi connectivity index (χ1) is 27.5. The van der Waals surface area contributed by atoms with Crippen LogP contribution in [0.5, 0.6) is 5.75 Å². The number of hydrogen-bond donors (Lipinski definition) is 2. The Bertz CT molecular complexity index is 1980. The maximum absolute atomic E-state index is 13.2. The van der Waals surface area contributed by atoms with Crippen LogP contribution in [0.2, 0.25) is 10.0 Å². The lowest BCUT2D eigenvalue weighted by molar-refractivity contribution is -0.274. The van der Waals surface area contributed by atoms with E-state index in [1.165, 1.54) is 12.1 Å². The molecule has 2 aliphatic heterocycles. The van der Waals surface area contributed by atoms with Gasteiger partial charge in [-0.05, 0) is 87.6 Å². The van der Waals surface area contributed by atoms with Crippen molar-refractivity contribution in [3.8, 4) is 16.9 Å². The Morgan fingerprint density at radius 2 is 1.47 bits per heavy atom. The van der Waals surface area contributed by atoms with Crippen LogP contribution in [-0.2, 0) is 29.2 Å². The second-order valence-corrected chi connectivity index (χ2v) is 16.5. The highest BCUT2D eigenvalue weighted by Crippen LogP contribution is 2.34. The molecule has 2 saturated heterocycles. The number of fused-ring (bicyclic) bond motifs is 1. The Balaban J connectivity index is 0.00000315. The fraction of sp³-hybridized carbons (Fsp3) is 0.488. The Morgan fingerprint density at radius 1 is 0.862 bits per heavy atom. The molecule has 0 bridgehead atoms. The molecular formula is C43H55Cl2F3N6O4. The van der Waals surface area contributed by atoms with Gasteiger partial charge in [0.15, 0.2) is 0 Å². The third kappa shape index (κ3) is 12.0. The monoisotopic (exact) mass is 846 g/mol. The summed E-state index contributed by atoms with van der Waals surface area (Å²) in [5.41, 5.74) is 9.49. The summed E-state index contributed by atoms with van der Waals surface area (Å²) in [6.07, 6.45) is -1.93. The number of rotatable bonds is 11. The summed E-state index contributed by atoms with van der Waals surface area (Å²) in [7, 11) is 0. The van der Waals surface area contributed by atoms with Gasteiger partial charge in [-0.2, -0.15) is 0 Å². The predicted molar refractivity (Wildman–Crippen MR) is 224 cm³/mol. The summed E-state index contributed by atoms with van der Waals surface area (Å²) in [6.45, 7) is 15.9. The molecule has 3 N–H and O–H groups in total. The van der Waals surface area contributed by atoms with Crippen LogP contribution in [0.4, 0.5) is 18.0 Å². The number of ether oxygens (including phenoxy) is 2. The minimum Gasteiger partial charge on any atom is -0.444 e. The zero-order chi connectivity index (χ0) is 42.3. The number of piperidine rings is 1. The third-order valence-corrected chi connectivity index (χ3v) is 11.0. The maximum atomic E-state index is 13.2. The fourth-order valence-corrected chi connectivity index (χ4v) is 7.75. The summed E-state index contributed by atoms with van der Waals surface area (Å²) < 4.78 is 50.4. The average Bonchev–Trinajstić information content (AvgIpc) is 3.53. The number of nitrogens with one attached hydrogen (secondary N) is 1. The molecule has 3 aromatic carbocycles. The molecule has 0 aliphatic carbocycles. The van der Waals surface area contributed by atoms with Gasteiger partial charge in [0.2, 0.25) is 5.91 Å². The van der Waals surface area contributed by atoms with Gasteiger partial charge >= 0.3 is 12.5 Å². The van der Waals surface area contributed by atoms with Gasteiger partial charge in [-0.3, -0.25) is 14.6 Å². The first-order valence-corrected chi connectivity index (χ1v) is 20.6. The number of hydrogen-bond acceptors (Lipinski definition) is 7. The Hall–Kier alpha value is -4.01. The molecule has 58 heavy (non-hydrogen) atoms. The van der Waals surface area contributed by atoms with Gasteiger partial charge in [-0.15, -0.1) is 13.2 Å². The van der Waals surface area contributed by atoms with Crippen LogP contribution in [0, 0.1) is 0 Å². The number of aryl methyl sites for hydroxylation is 1. The van der Waals surface area contributed by atoms with Crippen molar-refractivity contribution in [3.05, 3.63) is 88.0 Å². The lowest BCUT2D eigenvalue weighted by atomic mass is 9.88. The second-order valence-electron chi connectivity index (χ2n) is 15.6. The molecule has 0 atom stereocenters. The Labute approximate surface area is 349 Å². The number of amides is 2. The molecule has 316 valence electrons. The van der Waals surface area contributed by atoms with Crippen LogP contribution in [-0.4, -0.2) is 94.6 Å². The fourth-order valence-electron chi connectivity index (χ4n) is 7.23. The van der Waals surface area contributed by atoms with Gasteiger partial charge in [0.1, 0.15) is 11.4 Å². The smallest absolute Gasteiger partial charge is 0.444 e. The van der Waals surface area contributed by atoms with E-state index in [1.807, 2.05) is 59.0 Å². The standard InChI is InChI=1S/C41H49Cl2F3N6O4.C2H6/c1-39(2,3)56-38(54)51-18-14-40(47,15-19-51)37(53)48-16-5-17-52-27-32(29-9-11-30(12-10-29)55-41(44,45)46)31-24-28(8-13-36(31)52)25-49-20-22-50(23-21-49)26-33-34(42)6-4-7-35(33)43;1-2/h4,6-13,24,27H,5,14-23,25-26,47H2,1-3H3,(H,48,53);1-2H3. The molecule has 0 spiro atoms. The third-order valence-electron chi connectivity index (χ3n) is 10.3. The molecule has 1 aromatic heterocycles. The number of carbonyl (C=O) groups excluding carboxylic acids is 2. The van der Waals surface area contributed by atoms with E-state index >= 15 is 0 Å². The number of nitrogens with two attached hydrogens (primary N) is 1. The molecular weight excluding hydrogens is 792 g/mol. The minimum atomic E-state index is -4.78. The molecule has 0 unspecified atom stereocenters. The van der Waals surface area contributed by atoms with Crippen LogP contribution in [0.1, 0.15) is 65.0 Å². The SMILES string of the molecule is CC.CC(C)(C)OC(=O)N1CCC(N)(C(=O)NCCCn2cc(-c3ccc(OC(F)(F)F)cc3)c3cc(CN4CCN(Cc5c(Cl)cccc5Cl)CC4)ccc32)CC1. The summed E-state index contributed by atoms with van der Waals surface area (Å²) in [6, 6.07) is 17.8. The van der Waals surface area contributed by atoms with E-state index in [4.69, 9.17) is 33.7 Å². The van der Waals surface area contributed by atoms with Gasteiger partial charge in [0, 0.05) is 104 Å². The average molecular weight is 848 g/mol. The summed E-state index contributed by atoms with van der Waals surface area (Å²) in [4.78, 5) is 32.0. The quantitative estimate of drug-likeness (QED) is 0.145. The van der Waals surface area contributed by atoms with E-state index in [2.05, 4.69) is 42.6 Å². The molecule has 0 saturated carbocycles. The largest absolute Gasteiger partial charge is 0.573 e. The van der Waals surface area contributed by atoms with Gasteiger partial charge < -0.3 is 30.0 Å². The molecule has 2 amide bonds. The van der Waals surface area contributed by atoms with Crippen molar-refractivity contribution >= 4 is 46.1 Å². The zero-order valence-corrected chi connectivity index (χ0v) is 35.4. The molecule has 10 nitrogen and oxygen atoms in total. The molecule has 0 radical (unpaired) electrons. The molecule has 15 heteroatoms. The van der Waals surface area contributed by atoms with E-state index in [1.54, 1.807) is 17.0 Å². The van der Waals surface area contributed by atoms with Gasteiger partial charge in [0.25, 0.3) is 0 Å². The number of alkyl halides is 3.